The fourth-order valence-electron chi connectivity index (χ4n) is 1.55. The van der Waals surface area contributed by atoms with Crippen LogP contribution in [0, 0.1) is 5.82 Å². The predicted octanol–water partition coefficient (Wildman–Crippen LogP) is 3.58. The van der Waals surface area contributed by atoms with E-state index in [-0.39, 0.29) is 5.82 Å². The van der Waals surface area contributed by atoms with Crippen LogP contribution in [0.1, 0.15) is 16.7 Å². The summed E-state index contributed by atoms with van der Waals surface area (Å²) in [4.78, 5) is 2.37. The predicted molar refractivity (Wildman–Crippen MR) is 72.4 cm³/mol. The smallest absolute Gasteiger partial charge is 0.165 e. The van der Waals surface area contributed by atoms with Gasteiger partial charge in [-0.05, 0) is 30.8 Å². The van der Waals surface area contributed by atoms with Crippen molar-refractivity contribution in [2.24, 2.45) is 0 Å². The lowest BCUT2D eigenvalue weighted by atomic mass is 10.3. The van der Waals surface area contributed by atoms with E-state index in [4.69, 9.17) is 4.74 Å². The molecule has 0 unspecified atom stereocenters. The molecule has 18 heavy (non-hydrogen) atoms. The summed E-state index contributed by atoms with van der Waals surface area (Å²) in [6.07, 6.45) is 0. The molecule has 1 aromatic heterocycles. The normalized spacial score (nSPS) is 10.6. The largest absolute Gasteiger partial charge is 0.485 e. The highest BCUT2D eigenvalue weighted by Gasteiger charge is 2.04. The van der Waals surface area contributed by atoms with Gasteiger partial charge in [-0.25, -0.2) is 4.39 Å². The lowest BCUT2D eigenvalue weighted by Gasteiger charge is -2.05. The average Bonchev–Trinajstić information content (AvgIpc) is 2.83. The van der Waals surface area contributed by atoms with Crippen LogP contribution in [-0.4, -0.2) is 6.54 Å². The molecule has 96 valence electrons. The number of nitrogens with one attached hydrogen (secondary N) is 1. The molecule has 0 fully saturated rings. The highest BCUT2D eigenvalue weighted by atomic mass is 32.1. The van der Waals surface area contributed by atoms with Crippen LogP contribution in [0.15, 0.2) is 36.4 Å². The molecular weight excluding hydrogens is 249 g/mol. The van der Waals surface area contributed by atoms with Gasteiger partial charge in [0.25, 0.3) is 0 Å². The molecule has 0 saturated heterocycles. The Bertz CT molecular complexity index is 498. The molecular formula is C14H16FNOS. The molecule has 0 aliphatic heterocycles. The van der Waals surface area contributed by atoms with Crippen LogP contribution in [0.2, 0.25) is 0 Å². The maximum atomic E-state index is 13.3. The fourth-order valence-corrected chi connectivity index (χ4v) is 2.45. The van der Waals surface area contributed by atoms with Crippen LogP contribution < -0.4 is 10.1 Å². The van der Waals surface area contributed by atoms with Crippen molar-refractivity contribution in [3.8, 4) is 5.75 Å². The van der Waals surface area contributed by atoms with Gasteiger partial charge in [0.2, 0.25) is 0 Å². The molecule has 0 radical (unpaired) electrons. The Balaban J connectivity index is 1.90. The third kappa shape index (κ3) is 3.55. The summed E-state index contributed by atoms with van der Waals surface area (Å²) in [5, 5.41) is 3.27. The quantitative estimate of drug-likeness (QED) is 0.862. The van der Waals surface area contributed by atoms with Crippen molar-refractivity contribution in [1.82, 2.24) is 5.32 Å². The van der Waals surface area contributed by atoms with Gasteiger partial charge in [0.1, 0.15) is 6.61 Å². The van der Waals surface area contributed by atoms with E-state index in [2.05, 4.69) is 18.3 Å². The van der Waals surface area contributed by atoms with Gasteiger partial charge in [0, 0.05) is 16.3 Å². The van der Waals surface area contributed by atoms with Gasteiger partial charge in [-0.15, -0.1) is 11.3 Å². The molecule has 0 saturated carbocycles. The van der Waals surface area contributed by atoms with Crippen molar-refractivity contribution in [3.63, 3.8) is 0 Å². The first-order chi connectivity index (χ1) is 8.79. The van der Waals surface area contributed by atoms with Crippen molar-refractivity contribution in [3.05, 3.63) is 52.0 Å². The number of hydrogen-bond donors (Lipinski definition) is 1. The summed E-state index contributed by atoms with van der Waals surface area (Å²) in [6, 6.07) is 10.6. The Hall–Kier alpha value is -1.39. The van der Waals surface area contributed by atoms with Gasteiger partial charge in [0.15, 0.2) is 11.6 Å². The minimum atomic E-state index is -0.318. The molecule has 2 nitrogen and oxygen atoms in total. The molecule has 0 aliphatic carbocycles. The summed E-state index contributed by atoms with van der Waals surface area (Å²) >= 11 is 1.69. The first kappa shape index (κ1) is 13.1. The number of hydrogen-bond acceptors (Lipinski definition) is 3. The highest BCUT2D eigenvalue weighted by Crippen LogP contribution is 2.21. The van der Waals surface area contributed by atoms with Gasteiger partial charge in [0.05, 0.1) is 0 Å². The van der Waals surface area contributed by atoms with Gasteiger partial charge in [-0.2, -0.15) is 0 Å². The molecule has 0 atom stereocenters. The van der Waals surface area contributed by atoms with E-state index in [1.165, 1.54) is 10.9 Å². The second kappa shape index (κ2) is 6.52. The van der Waals surface area contributed by atoms with E-state index in [1.54, 1.807) is 29.5 Å². The first-order valence-electron chi connectivity index (χ1n) is 5.95. The van der Waals surface area contributed by atoms with Gasteiger partial charge in [-0.1, -0.05) is 19.1 Å². The first-order valence-corrected chi connectivity index (χ1v) is 6.77. The molecule has 0 bridgehead atoms. The Morgan fingerprint density at radius 2 is 1.94 bits per heavy atom. The second-order valence-electron chi connectivity index (χ2n) is 3.87. The second-order valence-corrected chi connectivity index (χ2v) is 5.12. The van der Waals surface area contributed by atoms with E-state index in [0.717, 1.165) is 18.0 Å². The van der Waals surface area contributed by atoms with Crippen molar-refractivity contribution in [2.45, 2.75) is 20.1 Å². The van der Waals surface area contributed by atoms with Crippen LogP contribution in [-0.2, 0) is 13.2 Å². The number of para-hydroxylation sites is 1. The van der Waals surface area contributed by atoms with Crippen molar-refractivity contribution in [2.75, 3.05) is 6.54 Å². The lowest BCUT2D eigenvalue weighted by molar-refractivity contribution is 0.293. The SMILES string of the molecule is CCNCc1ccc(COc2ccccc2F)s1. The van der Waals surface area contributed by atoms with Crippen LogP contribution in [0.25, 0.3) is 0 Å². The third-order valence-corrected chi connectivity index (χ3v) is 3.53. The maximum absolute atomic E-state index is 13.3. The van der Waals surface area contributed by atoms with Crippen molar-refractivity contribution >= 4 is 11.3 Å². The number of ether oxygens (including phenoxy) is 1. The number of halogens is 1. The van der Waals surface area contributed by atoms with E-state index >= 15 is 0 Å². The molecule has 4 heteroatoms. The van der Waals surface area contributed by atoms with Crippen LogP contribution in [0.5, 0.6) is 5.75 Å². The summed E-state index contributed by atoms with van der Waals surface area (Å²) in [7, 11) is 0. The number of benzene rings is 1. The van der Waals surface area contributed by atoms with Gasteiger partial charge in [-0.3, -0.25) is 0 Å². The zero-order chi connectivity index (χ0) is 12.8. The molecule has 0 spiro atoms. The molecule has 1 heterocycles. The number of rotatable bonds is 6. The molecule has 1 N–H and O–H groups in total. The monoisotopic (exact) mass is 265 g/mol. The minimum absolute atomic E-state index is 0.305. The Kier molecular flexibility index (Phi) is 4.73. The van der Waals surface area contributed by atoms with Gasteiger partial charge < -0.3 is 10.1 Å². The Labute approximate surface area is 110 Å². The average molecular weight is 265 g/mol. The zero-order valence-corrected chi connectivity index (χ0v) is 11.1. The molecule has 2 aromatic rings. The third-order valence-electron chi connectivity index (χ3n) is 2.47. The summed E-state index contributed by atoms with van der Waals surface area (Å²) in [6.45, 7) is 4.33. The Morgan fingerprint density at radius 3 is 2.72 bits per heavy atom. The van der Waals surface area contributed by atoms with E-state index < -0.39 is 0 Å². The topological polar surface area (TPSA) is 21.3 Å². The lowest BCUT2D eigenvalue weighted by Crippen LogP contribution is -2.10. The van der Waals surface area contributed by atoms with Crippen molar-refractivity contribution < 1.29 is 9.13 Å². The summed E-state index contributed by atoms with van der Waals surface area (Å²) in [5.41, 5.74) is 0. The molecule has 0 amide bonds. The molecule has 0 aliphatic rings. The molecule has 1 aromatic carbocycles. The Morgan fingerprint density at radius 1 is 1.17 bits per heavy atom. The summed E-state index contributed by atoms with van der Waals surface area (Å²) in [5.74, 6) is -0.0129. The van der Waals surface area contributed by atoms with E-state index in [1.807, 2.05) is 6.07 Å². The maximum Gasteiger partial charge on any atom is 0.165 e. The van der Waals surface area contributed by atoms with E-state index in [9.17, 15) is 4.39 Å². The number of thiophene rings is 1. The standard InChI is InChI=1S/C14H16FNOS/c1-2-16-9-11-7-8-12(18-11)10-17-14-6-4-3-5-13(14)15/h3-8,16H,2,9-10H2,1H3. The van der Waals surface area contributed by atoms with Gasteiger partial charge >= 0.3 is 0 Å². The van der Waals surface area contributed by atoms with Crippen LogP contribution in [0.3, 0.4) is 0 Å². The highest BCUT2D eigenvalue weighted by molar-refractivity contribution is 7.11. The summed E-state index contributed by atoms with van der Waals surface area (Å²) < 4.78 is 18.8. The van der Waals surface area contributed by atoms with Crippen LogP contribution >= 0.6 is 11.3 Å². The zero-order valence-electron chi connectivity index (χ0n) is 10.3. The van der Waals surface area contributed by atoms with Crippen molar-refractivity contribution in [1.29, 1.82) is 0 Å². The fraction of sp³-hybridized carbons (Fsp3) is 0.286. The molecule has 2 rings (SSSR count). The minimum Gasteiger partial charge on any atom is -0.485 e. The van der Waals surface area contributed by atoms with Crippen LogP contribution in [0.4, 0.5) is 4.39 Å². The van der Waals surface area contributed by atoms with E-state index in [0.29, 0.717) is 12.4 Å².